The number of fused-ring (bicyclic) bond motifs is 1. The molecule has 0 saturated carbocycles. The van der Waals surface area contributed by atoms with Crippen molar-refractivity contribution in [3.8, 4) is 23.3 Å². The molecule has 0 radical (unpaired) electrons. The molecule has 1 amide bonds. The van der Waals surface area contributed by atoms with E-state index >= 15 is 0 Å². The van der Waals surface area contributed by atoms with Crippen LogP contribution in [0.4, 0.5) is 4.79 Å². The predicted molar refractivity (Wildman–Crippen MR) is 129 cm³/mol. The minimum absolute atomic E-state index is 0.0417. The van der Waals surface area contributed by atoms with E-state index < -0.39 is 0 Å². The number of hydrogen-bond donors (Lipinski definition) is 1. The third kappa shape index (κ3) is 5.63. The van der Waals surface area contributed by atoms with E-state index in [2.05, 4.69) is 11.0 Å². The molecule has 35 heavy (non-hydrogen) atoms. The van der Waals surface area contributed by atoms with Crippen LogP contribution in [0, 0.1) is 17.2 Å². The minimum Gasteiger partial charge on any atom is -0.508 e. The van der Waals surface area contributed by atoms with Crippen LogP contribution in [0.1, 0.15) is 30.4 Å². The Hall–Kier alpha value is -3.44. The fourth-order valence-corrected chi connectivity index (χ4v) is 5.18. The van der Waals surface area contributed by atoms with Crippen LogP contribution in [0.5, 0.6) is 17.2 Å². The summed E-state index contributed by atoms with van der Waals surface area (Å²) in [7, 11) is 0. The zero-order valence-electron chi connectivity index (χ0n) is 19.8. The highest BCUT2D eigenvalue weighted by atomic mass is 16.6. The van der Waals surface area contributed by atoms with Crippen molar-refractivity contribution < 1.29 is 24.1 Å². The molecule has 8 nitrogen and oxygen atoms in total. The van der Waals surface area contributed by atoms with E-state index in [1.54, 1.807) is 30.3 Å². The summed E-state index contributed by atoms with van der Waals surface area (Å²) in [6.45, 7) is 4.44. The van der Waals surface area contributed by atoms with E-state index in [-0.39, 0.29) is 24.0 Å². The van der Waals surface area contributed by atoms with Crippen molar-refractivity contribution in [1.82, 2.24) is 9.80 Å². The van der Waals surface area contributed by atoms with Gasteiger partial charge in [0.2, 0.25) is 0 Å². The summed E-state index contributed by atoms with van der Waals surface area (Å²) in [4.78, 5) is 16.6. The lowest BCUT2D eigenvalue weighted by molar-refractivity contribution is 0.0465. The number of amides is 1. The first-order chi connectivity index (χ1) is 17.1. The molecular formula is C27H31N3O5. The van der Waals surface area contributed by atoms with Crippen LogP contribution in [0.3, 0.4) is 0 Å². The summed E-state index contributed by atoms with van der Waals surface area (Å²) in [5.74, 6) is 2.17. The molecule has 3 heterocycles. The fraction of sp³-hybridized carbons (Fsp3) is 0.481. The van der Waals surface area contributed by atoms with Crippen molar-refractivity contribution in [3.63, 3.8) is 0 Å². The van der Waals surface area contributed by atoms with Crippen LogP contribution < -0.4 is 9.47 Å². The Morgan fingerprint density at radius 3 is 2.60 bits per heavy atom. The fourth-order valence-electron chi connectivity index (χ4n) is 5.18. The molecule has 8 heteroatoms. The van der Waals surface area contributed by atoms with Crippen molar-refractivity contribution in [3.05, 3.63) is 53.6 Å². The molecule has 1 N–H and O–H groups in total. The molecule has 2 fully saturated rings. The molecule has 2 aromatic carbocycles. The predicted octanol–water partition coefficient (Wildman–Crippen LogP) is 3.57. The number of piperidine rings is 1. The maximum Gasteiger partial charge on any atom is 0.410 e. The van der Waals surface area contributed by atoms with E-state index in [0.29, 0.717) is 42.7 Å². The second-order valence-corrected chi connectivity index (χ2v) is 9.65. The summed E-state index contributed by atoms with van der Waals surface area (Å²) >= 11 is 0. The zero-order valence-corrected chi connectivity index (χ0v) is 19.8. The van der Waals surface area contributed by atoms with Gasteiger partial charge in [0.05, 0.1) is 17.7 Å². The highest BCUT2D eigenvalue weighted by Gasteiger charge is 2.34. The minimum atomic E-state index is -0.222. The Labute approximate surface area is 205 Å². The SMILES string of the molecule is N#Cc1ccc2c(c1)O[C@@H](CN1CCC(CCN3C(=O)OCC3Cc3ccc(O)cc3)CC1)CO2. The summed E-state index contributed by atoms with van der Waals surface area (Å²) in [6.07, 6.45) is 3.62. The number of nitriles is 1. The standard InChI is InChI=1S/C27H31N3O5/c28-15-21-3-6-25-26(14-21)35-24(18-33-25)16-29-10-7-19(8-11-29)9-12-30-22(17-34-27(30)32)13-20-1-4-23(31)5-2-20/h1-6,14,19,22,24,31H,7-13,16-18H2/t22?,24-/m0/s1. The van der Waals surface area contributed by atoms with Crippen molar-refractivity contribution in [2.24, 2.45) is 5.92 Å². The molecule has 2 saturated heterocycles. The van der Waals surface area contributed by atoms with E-state index in [0.717, 1.165) is 50.9 Å². The first kappa shape index (κ1) is 23.3. The molecular weight excluding hydrogens is 446 g/mol. The van der Waals surface area contributed by atoms with E-state index in [1.165, 1.54) is 0 Å². The number of aromatic hydroxyl groups is 1. The number of likely N-dealkylation sites (tertiary alicyclic amines) is 1. The van der Waals surface area contributed by atoms with Crippen molar-refractivity contribution >= 4 is 6.09 Å². The molecule has 5 rings (SSSR count). The molecule has 1 unspecified atom stereocenters. The number of phenolic OH excluding ortho intramolecular Hbond substituents is 1. The Bertz CT molecular complexity index is 1080. The molecule has 0 bridgehead atoms. The molecule has 0 aliphatic carbocycles. The lowest BCUT2D eigenvalue weighted by Gasteiger charge is -2.36. The first-order valence-electron chi connectivity index (χ1n) is 12.3. The molecule has 3 aliphatic heterocycles. The van der Waals surface area contributed by atoms with Crippen LogP contribution in [0.2, 0.25) is 0 Å². The van der Waals surface area contributed by atoms with E-state index in [1.807, 2.05) is 17.0 Å². The van der Waals surface area contributed by atoms with Crippen molar-refractivity contribution in [2.75, 3.05) is 39.4 Å². The van der Waals surface area contributed by atoms with Gasteiger partial charge in [0.25, 0.3) is 0 Å². The van der Waals surface area contributed by atoms with Crippen LogP contribution in [0.15, 0.2) is 42.5 Å². The van der Waals surface area contributed by atoms with E-state index in [4.69, 9.17) is 19.5 Å². The number of ether oxygens (including phenoxy) is 3. The highest BCUT2D eigenvalue weighted by Crippen LogP contribution is 2.33. The van der Waals surface area contributed by atoms with Gasteiger partial charge in [0.15, 0.2) is 11.5 Å². The number of hydrogen-bond acceptors (Lipinski definition) is 7. The third-order valence-electron chi connectivity index (χ3n) is 7.22. The molecule has 184 valence electrons. The second kappa shape index (κ2) is 10.4. The van der Waals surface area contributed by atoms with Crippen molar-refractivity contribution in [2.45, 2.75) is 37.8 Å². The molecule has 0 aromatic heterocycles. The summed E-state index contributed by atoms with van der Waals surface area (Å²) in [6, 6.07) is 14.6. The van der Waals surface area contributed by atoms with Gasteiger partial charge < -0.3 is 24.2 Å². The van der Waals surface area contributed by atoms with Gasteiger partial charge in [-0.1, -0.05) is 12.1 Å². The average Bonchev–Trinajstić information content (AvgIpc) is 3.23. The van der Waals surface area contributed by atoms with Crippen LogP contribution in [-0.4, -0.2) is 72.5 Å². The lowest BCUT2D eigenvalue weighted by Crippen LogP contribution is -2.44. The number of phenols is 1. The Kier molecular flexibility index (Phi) is 6.96. The Morgan fingerprint density at radius 1 is 1.03 bits per heavy atom. The number of carbonyl (C=O) groups is 1. The number of benzene rings is 2. The molecule has 0 spiro atoms. The Morgan fingerprint density at radius 2 is 1.83 bits per heavy atom. The molecule has 2 aromatic rings. The van der Waals surface area contributed by atoms with Crippen molar-refractivity contribution in [1.29, 1.82) is 5.26 Å². The van der Waals surface area contributed by atoms with Gasteiger partial charge in [-0.25, -0.2) is 4.79 Å². The average molecular weight is 478 g/mol. The number of carbonyl (C=O) groups excluding carboxylic acids is 1. The number of nitrogens with zero attached hydrogens (tertiary/aromatic N) is 3. The first-order valence-corrected chi connectivity index (χ1v) is 12.3. The number of cyclic esters (lactones) is 1. The maximum absolute atomic E-state index is 12.3. The summed E-state index contributed by atoms with van der Waals surface area (Å²) in [5.41, 5.74) is 1.66. The summed E-state index contributed by atoms with van der Waals surface area (Å²) < 4.78 is 17.3. The third-order valence-corrected chi connectivity index (χ3v) is 7.22. The highest BCUT2D eigenvalue weighted by molar-refractivity contribution is 5.70. The second-order valence-electron chi connectivity index (χ2n) is 9.65. The van der Waals surface area contributed by atoms with Gasteiger partial charge in [-0.05, 0) is 74.5 Å². The molecule has 3 aliphatic rings. The number of rotatable bonds is 7. The Balaban J connectivity index is 1.06. The topological polar surface area (TPSA) is 95.3 Å². The maximum atomic E-state index is 12.3. The van der Waals surface area contributed by atoms with Gasteiger partial charge in [0.1, 0.15) is 25.1 Å². The zero-order chi connectivity index (χ0) is 24.2. The quantitative estimate of drug-likeness (QED) is 0.651. The monoisotopic (exact) mass is 477 g/mol. The van der Waals surface area contributed by atoms with Crippen LogP contribution >= 0.6 is 0 Å². The normalized spacial score (nSPS) is 22.6. The smallest absolute Gasteiger partial charge is 0.410 e. The van der Waals surface area contributed by atoms with Gasteiger partial charge in [-0.15, -0.1) is 0 Å². The summed E-state index contributed by atoms with van der Waals surface area (Å²) in [5, 5.41) is 18.6. The van der Waals surface area contributed by atoms with Gasteiger partial charge in [-0.2, -0.15) is 5.26 Å². The lowest BCUT2D eigenvalue weighted by atomic mass is 9.93. The largest absolute Gasteiger partial charge is 0.508 e. The van der Waals surface area contributed by atoms with Crippen LogP contribution in [-0.2, 0) is 11.2 Å². The van der Waals surface area contributed by atoms with Gasteiger partial charge >= 0.3 is 6.09 Å². The van der Waals surface area contributed by atoms with Crippen LogP contribution in [0.25, 0.3) is 0 Å². The van der Waals surface area contributed by atoms with Gasteiger partial charge in [0, 0.05) is 19.2 Å². The van der Waals surface area contributed by atoms with E-state index in [9.17, 15) is 9.90 Å². The van der Waals surface area contributed by atoms with Gasteiger partial charge in [-0.3, -0.25) is 4.90 Å². The molecule has 2 atom stereocenters.